The Morgan fingerprint density at radius 2 is 2.00 bits per heavy atom. The number of thiazole rings is 2. The van der Waals surface area contributed by atoms with E-state index in [9.17, 15) is 13.6 Å². The zero-order valence-electron chi connectivity index (χ0n) is 20.9. The van der Waals surface area contributed by atoms with Crippen LogP contribution in [-0.2, 0) is 24.1 Å². The van der Waals surface area contributed by atoms with Crippen LogP contribution >= 0.6 is 22.7 Å². The van der Waals surface area contributed by atoms with Crippen LogP contribution in [0.4, 0.5) is 8.78 Å². The fourth-order valence-corrected chi connectivity index (χ4v) is 7.50. The molecule has 1 atom stereocenters. The van der Waals surface area contributed by atoms with Crippen LogP contribution in [0.5, 0.6) is 5.19 Å². The molecule has 198 valence electrons. The lowest BCUT2D eigenvalue weighted by molar-refractivity contribution is -0.121. The van der Waals surface area contributed by atoms with Crippen LogP contribution < -0.4 is 10.1 Å². The van der Waals surface area contributed by atoms with Crippen LogP contribution in [0.1, 0.15) is 71.8 Å². The van der Waals surface area contributed by atoms with E-state index in [0.717, 1.165) is 66.8 Å². The quantitative estimate of drug-likeness (QED) is 0.502. The summed E-state index contributed by atoms with van der Waals surface area (Å²) < 4.78 is 32.7. The number of hydrogen-bond acceptors (Lipinski definition) is 7. The minimum atomic E-state index is -2.59. The number of hydrogen-bond donors (Lipinski definition) is 1. The van der Waals surface area contributed by atoms with Crippen molar-refractivity contribution in [3.05, 3.63) is 26.7 Å². The van der Waals surface area contributed by atoms with Gasteiger partial charge in [0, 0.05) is 54.3 Å². The van der Waals surface area contributed by atoms with Gasteiger partial charge in [0.1, 0.15) is 6.10 Å². The molecule has 10 heteroatoms. The molecule has 2 aromatic rings. The van der Waals surface area contributed by atoms with E-state index in [1.54, 1.807) is 28.9 Å². The molecule has 2 fully saturated rings. The Labute approximate surface area is 219 Å². The highest BCUT2D eigenvalue weighted by molar-refractivity contribution is 7.13. The van der Waals surface area contributed by atoms with Gasteiger partial charge in [0.05, 0.1) is 17.1 Å². The van der Waals surface area contributed by atoms with E-state index in [0.29, 0.717) is 24.1 Å². The molecule has 3 heterocycles. The molecule has 0 spiro atoms. The standard InChI is InChI=1S/C26H36F2N4O2S2/c1-17-29-16-21(35-17)14-24(33)30-19-4-2-18(3-5-19)7-11-32-12-8-22-23(9-13-32)36-25(31-22)34-20-6-10-26(27,28)15-20/h16,18-20H,2-15H2,1H3,(H,30,33). The number of ether oxygens (including phenoxy) is 1. The average Bonchev–Trinajstić information content (AvgIpc) is 3.48. The Hall–Kier alpha value is -1.65. The number of carbonyl (C=O) groups is 1. The lowest BCUT2D eigenvalue weighted by Crippen LogP contribution is -2.38. The minimum absolute atomic E-state index is 0.0821. The maximum atomic E-state index is 13.5. The number of rotatable bonds is 8. The van der Waals surface area contributed by atoms with Crippen molar-refractivity contribution in [3.8, 4) is 5.19 Å². The summed E-state index contributed by atoms with van der Waals surface area (Å²) >= 11 is 3.14. The van der Waals surface area contributed by atoms with Gasteiger partial charge in [0.15, 0.2) is 0 Å². The number of nitrogens with zero attached hydrogens (tertiary/aromatic N) is 3. The molecule has 2 aromatic heterocycles. The fourth-order valence-electron chi connectivity index (χ4n) is 5.70. The summed E-state index contributed by atoms with van der Waals surface area (Å²) in [5.41, 5.74) is 1.09. The van der Waals surface area contributed by atoms with Gasteiger partial charge in [-0.25, -0.2) is 18.7 Å². The Bertz CT molecular complexity index is 1010. The van der Waals surface area contributed by atoms with Crippen LogP contribution in [0.3, 0.4) is 0 Å². The molecule has 0 radical (unpaired) electrons. The number of fused-ring (bicyclic) bond motifs is 1. The molecule has 3 aliphatic rings. The van der Waals surface area contributed by atoms with Crippen molar-refractivity contribution in [1.82, 2.24) is 20.2 Å². The summed E-state index contributed by atoms with van der Waals surface area (Å²) in [6.07, 6.45) is 9.50. The van der Waals surface area contributed by atoms with Gasteiger partial charge in [-0.05, 0) is 64.3 Å². The summed E-state index contributed by atoms with van der Waals surface area (Å²) in [6.45, 7) is 5.06. The molecule has 1 aliphatic heterocycles. The molecule has 2 aliphatic carbocycles. The number of carbonyl (C=O) groups excluding carboxylic acids is 1. The Kier molecular flexibility index (Phi) is 8.22. The third-order valence-corrected chi connectivity index (χ3v) is 9.73. The lowest BCUT2D eigenvalue weighted by atomic mass is 9.84. The maximum absolute atomic E-state index is 13.5. The fraction of sp³-hybridized carbons (Fsp3) is 0.731. The number of amides is 1. The van der Waals surface area contributed by atoms with Crippen LogP contribution in [0.15, 0.2) is 6.20 Å². The molecule has 0 aromatic carbocycles. The van der Waals surface area contributed by atoms with Gasteiger partial charge in [-0.15, -0.1) is 11.3 Å². The minimum Gasteiger partial charge on any atom is -0.466 e. The van der Waals surface area contributed by atoms with E-state index < -0.39 is 12.0 Å². The van der Waals surface area contributed by atoms with Crippen molar-refractivity contribution < 1.29 is 18.3 Å². The van der Waals surface area contributed by atoms with Crippen molar-refractivity contribution in [3.63, 3.8) is 0 Å². The molecule has 0 bridgehead atoms. The molecule has 1 N–H and O–H groups in total. The highest BCUT2D eigenvalue weighted by atomic mass is 32.1. The molecule has 6 nitrogen and oxygen atoms in total. The third-order valence-electron chi connectivity index (χ3n) is 7.77. The van der Waals surface area contributed by atoms with Gasteiger partial charge >= 0.3 is 0 Å². The van der Waals surface area contributed by atoms with Crippen molar-refractivity contribution in [2.45, 2.75) is 95.6 Å². The first-order valence-electron chi connectivity index (χ1n) is 13.3. The highest BCUT2D eigenvalue weighted by Gasteiger charge is 2.41. The summed E-state index contributed by atoms with van der Waals surface area (Å²) in [7, 11) is 0. The number of aryl methyl sites for hydroxylation is 1. The molecule has 2 saturated carbocycles. The first kappa shape index (κ1) is 26.0. The van der Waals surface area contributed by atoms with E-state index in [4.69, 9.17) is 4.74 Å². The molecule has 1 amide bonds. The van der Waals surface area contributed by atoms with Gasteiger partial charge in [0.2, 0.25) is 5.91 Å². The topological polar surface area (TPSA) is 67.4 Å². The number of aromatic nitrogens is 2. The predicted octanol–water partition coefficient (Wildman–Crippen LogP) is 5.18. The van der Waals surface area contributed by atoms with Crippen LogP contribution in [0.25, 0.3) is 0 Å². The Balaban J connectivity index is 0.994. The lowest BCUT2D eigenvalue weighted by Gasteiger charge is -2.30. The molecule has 0 saturated heterocycles. The second-order valence-electron chi connectivity index (χ2n) is 10.6. The van der Waals surface area contributed by atoms with Gasteiger partial charge in [-0.3, -0.25) is 4.79 Å². The Morgan fingerprint density at radius 3 is 2.72 bits per heavy atom. The van der Waals surface area contributed by atoms with Crippen molar-refractivity contribution >= 4 is 28.6 Å². The number of alkyl halides is 2. The van der Waals surface area contributed by atoms with E-state index >= 15 is 0 Å². The molecule has 5 rings (SSSR count). The normalized spacial score (nSPS) is 26.4. The zero-order valence-corrected chi connectivity index (χ0v) is 22.6. The number of halogens is 2. The van der Waals surface area contributed by atoms with Crippen LogP contribution in [0, 0.1) is 12.8 Å². The largest absolute Gasteiger partial charge is 0.466 e. The predicted molar refractivity (Wildman–Crippen MR) is 138 cm³/mol. The summed E-state index contributed by atoms with van der Waals surface area (Å²) in [5.74, 6) is -1.75. The van der Waals surface area contributed by atoms with Gasteiger partial charge in [-0.1, -0.05) is 11.3 Å². The highest BCUT2D eigenvalue weighted by Crippen LogP contribution is 2.38. The van der Waals surface area contributed by atoms with Crippen LogP contribution in [0.2, 0.25) is 0 Å². The maximum Gasteiger partial charge on any atom is 0.273 e. The summed E-state index contributed by atoms with van der Waals surface area (Å²) in [4.78, 5) is 26.1. The SMILES string of the molecule is Cc1ncc(CC(=O)NC2CCC(CCN3CCc4nc(OC5CCC(F)(F)C5)sc4CC3)CC2)s1. The average molecular weight is 539 g/mol. The summed E-state index contributed by atoms with van der Waals surface area (Å²) in [5, 5.41) is 4.80. The second kappa shape index (κ2) is 11.4. The first-order chi connectivity index (χ1) is 17.3. The molecular formula is C26H36F2N4O2S2. The van der Waals surface area contributed by atoms with E-state index in [1.807, 2.05) is 6.92 Å². The van der Waals surface area contributed by atoms with Crippen LogP contribution in [-0.4, -0.2) is 58.5 Å². The Morgan fingerprint density at radius 1 is 1.19 bits per heavy atom. The summed E-state index contributed by atoms with van der Waals surface area (Å²) in [6, 6.07) is 0.301. The molecule has 36 heavy (non-hydrogen) atoms. The van der Waals surface area contributed by atoms with E-state index in [1.165, 1.54) is 24.1 Å². The molecule has 1 unspecified atom stereocenters. The zero-order chi connectivity index (χ0) is 25.1. The second-order valence-corrected chi connectivity index (χ2v) is 13.0. The van der Waals surface area contributed by atoms with E-state index in [2.05, 4.69) is 20.2 Å². The first-order valence-corrected chi connectivity index (χ1v) is 14.9. The van der Waals surface area contributed by atoms with E-state index in [-0.39, 0.29) is 18.7 Å². The van der Waals surface area contributed by atoms with Gasteiger partial charge < -0.3 is 15.0 Å². The van der Waals surface area contributed by atoms with Gasteiger partial charge in [0.25, 0.3) is 11.1 Å². The smallest absolute Gasteiger partial charge is 0.273 e. The van der Waals surface area contributed by atoms with Crippen molar-refractivity contribution in [2.75, 3.05) is 19.6 Å². The van der Waals surface area contributed by atoms with Gasteiger partial charge in [-0.2, -0.15) is 0 Å². The van der Waals surface area contributed by atoms with Crippen molar-refractivity contribution in [2.24, 2.45) is 5.92 Å². The number of nitrogens with one attached hydrogen (secondary N) is 1. The monoisotopic (exact) mass is 538 g/mol. The molecular weight excluding hydrogens is 502 g/mol. The van der Waals surface area contributed by atoms with Crippen molar-refractivity contribution in [1.29, 1.82) is 0 Å². The third kappa shape index (κ3) is 7.01.